The average molecular weight is 355 g/mol. The van der Waals surface area contributed by atoms with Gasteiger partial charge in [-0.15, -0.1) is 0 Å². The van der Waals surface area contributed by atoms with Crippen molar-refractivity contribution in [2.24, 2.45) is 0 Å². The Bertz CT molecular complexity index is 753. The van der Waals surface area contributed by atoms with Crippen molar-refractivity contribution in [1.29, 1.82) is 0 Å². The zero-order valence-corrected chi connectivity index (χ0v) is 15.2. The van der Waals surface area contributed by atoms with Crippen molar-refractivity contribution in [3.05, 3.63) is 47.5 Å². The molecule has 6 heteroatoms. The van der Waals surface area contributed by atoms with E-state index >= 15 is 0 Å². The van der Waals surface area contributed by atoms with Gasteiger partial charge in [0.15, 0.2) is 11.5 Å². The first-order chi connectivity index (χ1) is 12.8. The van der Waals surface area contributed by atoms with Crippen molar-refractivity contribution >= 4 is 0 Å². The van der Waals surface area contributed by atoms with Gasteiger partial charge in [0.25, 0.3) is 0 Å². The van der Waals surface area contributed by atoms with Crippen LogP contribution in [0.5, 0.6) is 11.5 Å². The highest BCUT2D eigenvalue weighted by Crippen LogP contribution is 2.31. The van der Waals surface area contributed by atoms with Gasteiger partial charge in [0.1, 0.15) is 13.2 Å². The van der Waals surface area contributed by atoms with E-state index in [4.69, 9.17) is 14.2 Å². The molecule has 0 bridgehead atoms. The normalized spacial score (nSPS) is 20.1. The predicted molar refractivity (Wildman–Crippen MR) is 97.5 cm³/mol. The molecule has 0 amide bonds. The van der Waals surface area contributed by atoms with Crippen LogP contribution >= 0.6 is 0 Å². The van der Waals surface area contributed by atoms with Crippen LogP contribution in [0, 0.1) is 6.92 Å². The van der Waals surface area contributed by atoms with Gasteiger partial charge in [0.05, 0.1) is 24.6 Å². The number of aryl methyl sites for hydroxylation is 2. The minimum atomic E-state index is 0.387. The summed E-state index contributed by atoms with van der Waals surface area (Å²) in [6, 6.07) is 6.64. The second-order valence-electron chi connectivity index (χ2n) is 6.80. The second kappa shape index (κ2) is 8.01. The molecule has 0 radical (unpaired) electrons. The molecule has 138 valence electrons. The van der Waals surface area contributed by atoms with Gasteiger partial charge in [-0.25, -0.2) is 0 Å². The molecule has 1 aromatic carbocycles. The monoisotopic (exact) mass is 355 g/mol. The van der Waals surface area contributed by atoms with Crippen LogP contribution in [0.3, 0.4) is 0 Å². The molecule has 3 heterocycles. The third-order valence-electron chi connectivity index (χ3n) is 5.04. The quantitative estimate of drug-likeness (QED) is 0.821. The number of aromatic nitrogens is 2. The summed E-state index contributed by atoms with van der Waals surface area (Å²) in [7, 11) is 0. The summed E-state index contributed by atoms with van der Waals surface area (Å²) in [5, 5.41) is 0. The van der Waals surface area contributed by atoms with Crippen molar-refractivity contribution < 1.29 is 14.2 Å². The minimum Gasteiger partial charge on any atom is -0.486 e. The molecular weight excluding hydrogens is 330 g/mol. The first-order valence-electron chi connectivity index (χ1n) is 9.26. The molecule has 0 N–H and O–H groups in total. The highest BCUT2D eigenvalue weighted by Gasteiger charge is 2.24. The van der Waals surface area contributed by atoms with E-state index < -0.39 is 0 Å². The number of benzene rings is 1. The molecule has 1 fully saturated rings. The molecule has 4 rings (SSSR count). The Balaban J connectivity index is 1.41. The number of hydrogen-bond donors (Lipinski definition) is 0. The second-order valence-corrected chi connectivity index (χ2v) is 6.80. The lowest BCUT2D eigenvalue weighted by atomic mass is 10.0. The highest BCUT2D eigenvalue weighted by molar-refractivity contribution is 5.43. The van der Waals surface area contributed by atoms with Crippen LogP contribution < -0.4 is 9.47 Å². The molecule has 0 aliphatic carbocycles. The lowest BCUT2D eigenvalue weighted by molar-refractivity contribution is -0.0144. The zero-order valence-electron chi connectivity index (χ0n) is 15.2. The van der Waals surface area contributed by atoms with Crippen molar-refractivity contribution in [3.8, 4) is 11.5 Å². The van der Waals surface area contributed by atoms with Crippen LogP contribution in [-0.4, -0.2) is 53.9 Å². The molecule has 6 nitrogen and oxygen atoms in total. The maximum Gasteiger partial charge on any atom is 0.161 e. The van der Waals surface area contributed by atoms with Crippen LogP contribution in [-0.2, 0) is 17.7 Å². The van der Waals surface area contributed by atoms with Crippen molar-refractivity contribution in [2.45, 2.75) is 32.4 Å². The molecule has 0 unspecified atom stereocenters. The van der Waals surface area contributed by atoms with Crippen molar-refractivity contribution in [2.75, 3.05) is 33.0 Å². The fraction of sp³-hybridized carbons (Fsp3) is 0.500. The van der Waals surface area contributed by atoms with Gasteiger partial charge in [-0.1, -0.05) is 6.07 Å². The standard InChI is InChI=1S/C20H25N3O3/c1-15-18(22-7-6-21-15)4-3-17-14-24-9-8-23(17)13-16-2-5-19-20(12-16)26-11-10-25-19/h2,5-7,12,17H,3-4,8-11,13-14H2,1H3/t17-/m1/s1. The Kier molecular flexibility index (Phi) is 5.32. The van der Waals surface area contributed by atoms with Gasteiger partial charge in [0, 0.05) is 31.5 Å². The Hall–Kier alpha value is -2.18. The predicted octanol–water partition coefficient (Wildman–Crippen LogP) is 2.39. The smallest absolute Gasteiger partial charge is 0.161 e. The molecule has 1 aromatic heterocycles. The lowest BCUT2D eigenvalue weighted by Crippen LogP contribution is -2.45. The average Bonchev–Trinajstić information content (AvgIpc) is 2.68. The van der Waals surface area contributed by atoms with Crippen LogP contribution in [0.1, 0.15) is 23.4 Å². The lowest BCUT2D eigenvalue weighted by Gasteiger charge is -2.36. The van der Waals surface area contributed by atoms with Crippen LogP contribution in [0.25, 0.3) is 0 Å². The number of morpholine rings is 1. The van der Waals surface area contributed by atoms with E-state index in [1.54, 1.807) is 12.4 Å². The summed E-state index contributed by atoms with van der Waals surface area (Å²) in [6.07, 6.45) is 5.46. The van der Waals surface area contributed by atoms with E-state index in [-0.39, 0.29) is 0 Å². The van der Waals surface area contributed by atoms with Crippen LogP contribution in [0.15, 0.2) is 30.6 Å². The Morgan fingerprint density at radius 1 is 1.08 bits per heavy atom. The van der Waals surface area contributed by atoms with Gasteiger partial charge in [0.2, 0.25) is 0 Å². The minimum absolute atomic E-state index is 0.387. The number of ether oxygens (including phenoxy) is 3. The summed E-state index contributed by atoms with van der Waals surface area (Å²) in [5.74, 6) is 1.70. The molecule has 1 saturated heterocycles. The fourth-order valence-corrected chi connectivity index (χ4v) is 3.57. The molecular formula is C20H25N3O3. The first kappa shape index (κ1) is 17.2. The summed E-state index contributed by atoms with van der Waals surface area (Å²) in [4.78, 5) is 11.3. The fourth-order valence-electron chi connectivity index (χ4n) is 3.57. The summed E-state index contributed by atoms with van der Waals surface area (Å²) < 4.78 is 17.1. The largest absolute Gasteiger partial charge is 0.486 e. The van der Waals surface area contributed by atoms with E-state index in [1.165, 1.54) is 5.56 Å². The van der Waals surface area contributed by atoms with Gasteiger partial charge < -0.3 is 14.2 Å². The molecule has 0 saturated carbocycles. The zero-order chi connectivity index (χ0) is 17.8. The van der Waals surface area contributed by atoms with Crippen molar-refractivity contribution in [3.63, 3.8) is 0 Å². The SMILES string of the molecule is Cc1nccnc1CC[C@@H]1COCCN1Cc1ccc2c(c1)OCCO2. The Morgan fingerprint density at radius 3 is 2.81 bits per heavy atom. The van der Waals surface area contributed by atoms with E-state index in [2.05, 4.69) is 27.0 Å². The number of nitrogens with zero attached hydrogens (tertiary/aromatic N) is 3. The van der Waals surface area contributed by atoms with Gasteiger partial charge in [-0.05, 0) is 37.5 Å². The summed E-state index contributed by atoms with van der Waals surface area (Å²) in [5.41, 5.74) is 3.34. The van der Waals surface area contributed by atoms with Gasteiger partial charge in [-0.2, -0.15) is 0 Å². The van der Waals surface area contributed by atoms with E-state index in [1.807, 2.05) is 13.0 Å². The Labute approximate surface area is 154 Å². The van der Waals surface area contributed by atoms with Gasteiger partial charge >= 0.3 is 0 Å². The van der Waals surface area contributed by atoms with E-state index in [9.17, 15) is 0 Å². The molecule has 2 aliphatic rings. The molecule has 0 spiro atoms. The Morgan fingerprint density at radius 2 is 1.92 bits per heavy atom. The summed E-state index contributed by atoms with van der Waals surface area (Å²) >= 11 is 0. The van der Waals surface area contributed by atoms with Gasteiger partial charge in [-0.3, -0.25) is 14.9 Å². The third-order valence-corrected chi connectivity index (χ3v) is 5.04. The molecule has 2 aromatic rings. The first-order valence-corrected chi connectivity index (χ1v) is 9.26. The topological polar surface area (TPSA) is 56.7 Å². The third kappa shape index (κ3) is 3.97. The summed E-state index contributed by atoms with van der Waals surface area (Å²) in [6.45, 7) is 6.65. The molecule has 1 atom stereocenters. The van der Waals surface area contributed by atoms with E-state index in [0.717, 1.165) is 62.0 Å². The molecule has 2 aliphatic heterocycles. The van der Waals surface area contributed by atoms with Crippen molar-refractivity contribution in [1.82, 2.24) is 14.9 Å². The number of rotatable bonds is 5. The number of fused-ring (bicyclic) bond motifs is 1. The number of hydrogen-bond acceptors (Lipinski definition) is 6. The van der Waals surface area contributed by atoms with Crippen LogP contribution in [0.2, 0.25) is 0 Å². The maximum atomic E-state index is 5.74. The molecule has 26 heavy (non-hydrogen) atoms. The van der Waals surface area contributed by atoms with E-state index in [0.29, 0.717) is 19.3 Å². The maximum absolute atomic E-state index is 5.74. The van der Waals surface area contributed by atoms with Crippen LogP contribution in [0.4, 0.5) is 0 Å². The highest BCUT2D eigenvalue weighted by atomic mass is 16.6.